The van der Waals surface area contributed by atoms with E-state index in [0.29, 0.717) is 6.33 Å². The van der Waals surface area contributed by atoms with Gasteiger partial charge < -0.3 is 0 Å². The topological polar surface area (TPSA) is 0 Å². The van der Waals surface area contributed by atoms with Crippen molar-refractivity contribution >= 4 is 22.6 Å². The predicted molar refractivity (Wildman–Crippen MR) is 58.2 cm³/mol. The van der Waals surface area contributed by atoms with Crippen molar-refractivity contribution in [3.63, 3.8) is 0 Å². The smallest absolute Gasteiger partial charge is 0.0870 e. The Balaban J connectivity index is 2.64. The van der Waals surface area contributed by atoms with Crippen LogP contribution in [0, 0.1) is 0 Å². The Morgan fingerprint density at radius 2 is 2.00 bits per heavy atom. The van der Waals surface area contributed by atoms with Gasteiger partial charge in [0.05, 0.1) is 6.33 Å². The summed E-state index contributed by atoms with van der Waals surface area (Å²) in [5.74, 6) is 0. The van der Waals surface area contributed by atoms with Crippen LogP contribution >= 0.6 is 22.6 Å². The molecule has 0 bridgehead atoms. The first-order valence-corrected chi connectivity index (χ1v) is 5.27. The molecule has 0 fully saturated rings. The average Bonchev–Trinajstić information content (AvgIpc) is 2.16. The van der Waals surface area contributed by atoms with Crippen molar-refractivity contribution in [2.24, 2.45) is 0 Å². The Bertz CT molecular complexity index is 254. The van der Waals surface area contributed by atoms with Crippen molar-refractivity contribution in [2.75, 3.05) is 4.43 Å². The SMILES string of the molecule is F/C=C(\CI)Cc1ccccc1. The molecule has 2 heteroatoms. The molecule has 12 heavy (non-hydrogen) atoms. The van der Waals surface area contributed by atoms with E-state index in [1.807, 2.05) is 30.3 Å². The molecule has 0 aliphatic rings. The average molecular weight is 276 g/mol. The Kier molecular flexibility index (Phi) is 4.29. The number of rotatable bonds is 3. The number of halogens is 2. The number of hydrogen-bond donors (Lipinski definition) is 0. The molecule has 1 aromatic carbocycles. The molecule has 0 heterocycles. The molecule has 0 spiro atoms. The molecule has 0 amide bonds. The van der Waals surface area contributed by atoms with Crippen molar-refractivity contribution in [2.45, 2.75) is 6.42 Å². The molecule has 1 rings (SSSR count). The van der Waals surface area contributed by atoms with E-state index in [1.54, 1.807) is 0 Å². The number of alkyl halides is 1. The van der Waals surface area contributed by atoms with Gasteiger partial charge in [-0.25, -0.2) is 4.39 Å². The van der Waals surface area contributed by atoms with Gasteiger partial charge in [-0.1, -0.05) is 52.9 Å². The summed E-state index contributed by atoms with van der Waals surface area (Å²) < 4.78 is 12.9. The van der Waals surface area contributed by atoms with Gasteiger partial charge in [0.1, 0.15) is 0 Å². The van der Waals surface area contributed by atoms with Crippen LogP contribution in [0.15, 0.2) is 42.2 Å². The molecule has 0 atom stereocenters. The summed E-state index contributed by atoms with van der Waals surface area (Å²) in [7, 11) is 0. The van der Waals surface area contributed by atoms with Gasteiger partial charge in [-0.15, -0.1) is 0 Å². The zero-order valence-corrected chi connectivity index (χ0v) is 8.79. The van der Waals surface area contributed by atoms with Gasteiger partial charge in [0.15, 0.2) is 0 Å². The molecule has 0 aromatic heterocycles. The van der Waals surface area contributed by atoms with Gasteiger partial charge in [0, 0.05) is 4.43 Å². The van der Waals surface area contributed by atoms with Gasteiger partial charge in [-0.05, 0) is 17.6 Å². The molecule has 1 aromatic rings. The number of hydrogen-bond acceptors (Lipinski definition) is 0. The normalized spacial score (nSPS) is 11.7. The highest BCUT2D eigenvalue weighted by Gasteiger charge is 1.96. The Morgan fingerprint density at radius 1 is 1.33 bits per heavy atom. The fourth-order valence-corrected chi connectivity index (χ4v) is 1.41. The monoisotopic (exact) mass is 276 g/mol. The van der Waals surface area contributed by atoms with Crippen molar-refractivity contribution in [3.8, 4) is 0 Å². The second-order valence-electron chi connectivity index (χ2n) is 2.56. The van der Waals surface area contributed by atoms with E-state index in [-0.39, 0.29) is 0 Å². The summed E-state index contributed by atoms with van der Waals surface area (Å²) >= 11 is 2.17. The standard InChI is InChI=1S/C10H10FI/c11-7-10(8-12)6-9-4-2-1-3-5-9/h1-5,7H,6,8H2/b10-7-. The maximum atomic E-state index is 12.2. The van der Waals surface area contributed by atoms with Crippen LogP contribution in [0.2, 0.25) is 0 Å². The third-order valence-electron chi connectivity index (χ3n) is 1.60. The number of benzene rings is 1. The fraction of sp³-hybridized carbons (Fsp3) is 0.200. The lowest BCUT2D eigenvalue weighted by atomic mass is 10.1. The molecule has 0 unspecified atom stereocenters. The Morgan fingerprint density at radius 3 is 2.50 bits per heavy atom. The fourth-order valence-electron chi connectivity index (χ4n) is 0.973. The summed E-state index contributed by atoms with van der Waals surface area (Å²) in [6.07, 6.45) is 1.43. The number of allylic oxidation sites excluding steroid dienone is 1. The van der Waals surface area contributed by atoms with E-state index in [0.717, 1.165) is 22.0 Å². The zero-order chi connectivity index (χ0) is 8.81. The van der Waals surface area contributed by atoms with Crippen LogP contribution < -0.4 is 0 Å². The molecular formula is C10H10FI. The molecule has 0 saturated heterocycles. The lowest BCUT2D eigenvalue weighted by Crippen LogP contribution is -1.90. The van der Waals surface area contributed by atoms with Crippen LogP contribution in [0.4, 0.5) is 4.39 Å². The molecule has 0 N–H and O–H groups in total. The lowest BCUT2D eigenvalue weighted by Gasteiger charge is -2.00. The van der Waals surface area contributed by atoms with Crippen molar-refractivity contribution in [1.29, 1.82) is 0 Å². The maximum absolute atomic E-state index is 12.2. The van der Waals surface area contributed by atoms with Crippen molar-refractivity contribution < 1.29 is 4.39 Å². The third kappa shape index (κ3) is 2.93. The van der Waals surface area contributed by atoms with E-state index in [9.17, 15) is 4.39 Å². The molecule has 0 saturated carbocycles. The van der Waals surface area contributed by atoms with Gasteiger partial charge in [0.2, 0.25) is 0 Å². The van der Waals surface area contributed by atoms with E-state index in [4.69, 9.17) is 0 Å². The maximum Gasteiger partial charge on any atom is 0.0870 e. The van der Waals surface area contributed by atoms with Crippen LogP contribution in [-0.4, -0.2) is 4.43 Å². The second-order valence-corrected chi connectivity index (χ2v) is 3.33. The Hall–Kier alpha value is -0.380. The van der Waals surface area contributed by atoms with Gasteiger partial charge in [-0.2, -0.15) is 0 Å². The predicted octanol–water partition coefficient (Wildman–Crippen LogP) is 3.52. The van der Waals surface area contributed by atoms with E-state index in [2.05, 4.69) is 22.6 Å². The minimum atomic E-state index is 0.708. The summed E-state index contributed by atoms with van der Waals surface area (Å²) in [4.78, 5) is 0. The van der Waals surface area contributed by atoms with Gasteiger partial charge in [0.25, 0.3) is 0 Å². The lowest BCUT2D eigenvalue weighted by molar-refractivity contribution is 0.706. The first-order valence-electron chi connectivity index (χ1n) is 3.75. The highest BCUT2D eigenvalue weighted by atomic mass is 127. The minimum absolute atomic E-state index is 0.708. The first-order chi connectivity index (χ1) is 5.86. The highest BCUT2D eigenvalue weighted by Crippen LogP contribution is 2.10. The zero-order valence-electron chi connectivity index (χ0n) is 6.63. The van der Waals surface area contributed by atoms with Gasteiger partial charge in [-0.3, -0.25) is 0 Å². The quantitative estimate of drug-likeness (QED) is 0.585. The first kappa shape index (κ1) is 9.71. The summed E-state index contributed by atoms with van der Waals surface area (Å²) in [5, 5.41) is 0. The minimum Gasteiger partial charge on any atom is -0.216 e. The van der Waals surface area contributed by atoms with Crippen molar-refractivity contribution in [1.82, 2.24) is 0 Å². The van der Waals surface area contributed by atoms with E-state index >= 15 is 0 Å². The van der Waals surface area contributed by atoms with Crippen LogP contribution in [-0.2, 0) is 6.42 Å². The molecule has 0 aliphatic carbocycles. The molecule has 0 radical (unpaired) electrons. The van der Waals surface area contributed by atoms with Crippen LogP contribution in [0.1, 0.15) is 5.56 Å². The Labute approximate surface area is 85.6 Å². The van der Waals surface area contributed by atoms with Crippen molar-refractivity contribution in [3.05, 3.63) is 47.8 Å². The van der Waals surface area contributed by atoms with Crippen LogP contribution in [0.3, 0.4) is 0 Å². The molecule has 64 valence electrons. The summed E-state index contributed by atoms with van der Waals surface area (Å²) in [6.45, 7) is 0. The second kappa shape index (κ2) is 5.30. The summed E-state index contributed by atoms with van der Waals surface area (Å²) in [6, 6.07) is 9.93. The van der Waals surface area contributed by atoms with Crippen LogP contribution in [0.5, 0.6) is 0 Å². The van der Waals surface area contributed by atoms with Gasteiger partial charge >= 0.3 is 0 Å². The largest absolute Gasteiger partial charge is 0.216 e. The molecule has 0 aliphatic heterocycles. The molecule has 0 nitrogen and oxygen atoms in total. The van der Waals surface area contributed by atoms with Crippen LogP contribution in [0.25, 0.3) is 0 Å². The third-order valence-corrected chi connectivity index (χ3v) is 2.58. The summed E-state index contributed by atoms with van der Waals surface area (Å²) in [5.41, 5.74) is 2.00. The van der Waals surface area contributed by atoms with E-state index < -0.39 is 0 Å². The highest BCUT2D eigenvalue weighted by molar-refractivity contribution is 14.1. The molecular weight excluding hydrogens is 266 g/mol. The van der Waals surface area contributed by atoms with E-state index in [1.165, 1.54) is 0 Å².